The van der Waals surface area contributed by atoms with Crippen molar-refractivity contribution in [1.29, 1.82) is 0 Å². The van der Waals surface area contributed by atoms with Gasteiger partial charge in [-0.2, -0.15) is 0 Å². The first kappa shape index (κ1) is 20.5. The molecule has 0 spiro atoms. The van der Waals surface area contributed by atoms with Gasteiger partial charge in [-0.3, -0.25) is 4.90 Å². The summed E-state index contributed by atoms with van der Waals surface area (Å²) in [4.78, 5) is 2.50. The Kier molecular flexibility index (Phi) is 6.29. The normalized spacial score (nSPS) is 18.9. The Bertz CT molecular complexity index is 941. The molecule has 2 aliphatic rings. The van der Waals surface area contributed by atoms with Gasteiger partial charge >= 0.3 is 0 Å². The van der Waals surface area contributed by atoms with Gasteiger partial charge in [0.2, 0.25) is 10.0 Å². The topological polar surface area (TPSA) is 58.6 Å². The van der Waals surface area contributed by atoms with Crippen LogP contribution in [-0.4, -0.2) is 46.2 Å². The van der Waals surface area contributed by atoms with Gasteiger partial charge in [0.1, 0.15) is 5.82 Å². The summed E-state index contributed by atoms with van der Waals surface area (Å²) in [6, 6.07) is 11.6. The third-order valence-corrected chi connectivity index (χ3v) is 7.26. The number of hydrogen-bond acceptors (Lipinski definition) is 4. The van der Waals surface area contributed by atoms with Crippen LogP contribution in [0.2, 0.25) is 0 Å². The number of benzene rings is 2. The van der Waals surface area contributed by atoms with Crippen molar-refractivity contribution in [1.82, 2.24) is 9.62 Å². The standard InChI is InChI=1S/C22H27FN2O3S/c23-20-8-5-18(6-9-20)22(25-11-13-28-14-12-25)16-24-29(26,27)21-10-7-17-3-1-2-4-19(17)15-21/h5-10,15,22,24H,1-4,11-14,16H2. The summed E-state index contributed by atoms with van der Waals surface area (Å²) in [5.74, 6) is -0.302. The number of halogens is 1. The SMILES string of the molecule is O=S(=O)(NCC(c1ccc(F)cc1)N1CCOCC1)c1ccc2c(c1)CCCC2. The minimum Gasteiger partial charge on any atom is -0.379 e. The van der Waals surface area contributed by atoms with E-state index in [4.69, 9.17) is 4.74 Å². The van der Waals surface area contributed by atoms with Crippen LogP contribution in [0.5, 0.6) is 0 Å². The summed E-state index contributed by atoms with van der Waals surface area (Å²) in [5, 5.41) is 0. The molecule has 29 heavy (non-hydrogen) atoms. The molecule has 1 saturated heterocycles. The highest BCUT2D eigenvalue weighted by atomic mass is 32.2. The minimum absolute atomic E-state index is 0.174. The minimum atomic E-state index is -3.63. The zero-order chi connectivity index (χ0) is 20.3. The molecular weight excluding hydrogens is 391 g/mol. The Morgan fingerprint density at radius 1 is 1.00 bits per heavy atom. The van der Waals surface area contributed by atoms with Crippen molar-refractivity contribution in [2.45, 2.75) is 36.6 Å². The van der Waals surface area contributed by atoms with E-state index < -0.39 is 10.0 Å². The molecule has 5 nitrogen and oxygen atoms in total. The number of fused-ring (bicyclic) bond motifs is 1. The Balaban J connectivity index is 1.53. The maximum atomic E-state index is 13.4. The molecule has 7 heteroatoms. The van der Waals surface area contributed by atoms with Gasteiger partial charge in [-0.25, -0.2) is 17.5 Å². The summed E-state index contributed by atoms with van der Waals surface area (Å²) < 4.78 is 47.6. The lowest BCUT2D eigenvalue weighted by Gasteiger charge is -2.35. The molecule has 0 radical (unpaired) electrons. The molecule has 1 heterocycles. The van der Waals surface area contributed by atoms with E-state index in [1.165, 1.54) is 17.7 Å². The van der Waals surface area contributed by atoms with Crippen LogP contribution >= 0.6 is 0 Å². The van der Waals surface area contributed by atoms with Gasteiger partial charge in [-0.1, -0.05) is 18.2 Å². The van der Waals surface area contributed by atoms with Crippen LogP contribution in [0.1, 0.15) is 35.6 Å². The maximum Gasteiger partial charge on any atom is 0.240 e. The first-order chi connectivity index (χ1) is 14.0. The van der Waals surface area contributed by atoms with Gasteiger partial charge in [0.05, 0.1) is 18.1 Å². The number of hydrogen-bond donors (Lipinski definition) is 1. The van der Waals surface area contributed by atoms with E-state index in [-0.39, 0.29) is 18.4 Å². The molecule has 1 atom stereocenters. The quantitative estimate of drug-likeness (QED) is 0.783. The number of rotatable bonds is 6. The molecule has 0 aromatic heterocycles. The van der Waals surface area contributed by atoms with Crippen LogP contribution in [0.4, 0.5) is 4.39 Å². The third kappa shape index (κ3) is 4.86. The fourth-order valence-corrected chi connectivity index (χ4v) is 5.27. The summed E-state index contributed by atoms with van der Waals surface area (Å²) >= 11 is 0. The zero-order valence-electron chi connectivity index (χ0n) is 16.4. The van der Waals surface area contributed by atoms with E-state index in [0.717, 1.165) is 36.8 Å². The highest BCUT2D eigenvalue weighted by molar-refractivity contribution is 7.89. The smallest absolute Gasteiger partial charge is 0.240 e. The van der Waals surface area contributed by atoms with Crippen LogP contribution in [-0.2, 0) is 27.6 Å². The van der Waals surface area contributed by atoms with E-state index in [0.29, 0.717) is 31.2 Å². The first-order valence-corrected chi connectivity index (χ1v) is 11.7. The van der Waals surface area contributed by atoms with Crippen molar-refractivity contribution in [2.24, 2.45) is 0 Å². The van der Waals surface area contributed by atoms with Gasteiger partial charge in [-0.15, -0.1) is 0 Å². The predicted molar refractivity (Wildman–Crippen MR) is 110 cm³/mol. The molecule has 2 aromatic rings. The summed E-state index contributed by atoms with van der Waals surface area (Å²) in [6.07, 6.45) is 4.22. The van der Waals surface area contributed by atoms with Crippen LogP contribution < -0.4 is 4.72 Å². The second-order valence-corrected chi connectivity index (χ2v) is 9.47. The molecule has 4 rings (SSSR count). The van der Waals surface area contributed by atoms with Gasteiger partial charge in [0, 0.05) is 25.7 Å². The van der Waals surface area contributed by atoms with Crippen molar-refractivity contribution in [2.75, 3.05) is 32.8 Å². The first-order valence-electron chi connectivity index (χ1n) is 10.2. The molecule has 1 fully saturated rings. The second kappa shape index (κ2) is 8.92. The zero-order valence-corrected chi connectivity index (χ0v) is 17.3. The Hall–Kier alpha value is -1.80. The highest BCUT2D eigenvalue weighted by Gasteiger charge is 2.25. The van der Waals surface area contributed by atoms with Gasteiger partial charge in [-0.05, 0) is 66.6 Å². The fourth-order valence-electron chi connectivity index (χ4n) is 4.18. The molecule has 0 saturated carbocycles. The van der Waals surface area contributed by atoms with Crippen molar-refractivity contribution in [3.8, 4) is 0 Å². The highest BCUT2D eigenvalue weighted by Crippen LogP contribution is 2.25. The molecule has 0 amide bonds. The number of ether oxygens (including phenoxy) is 1. The van der Waals surface area contributed by atoms with Gasteiger partial charge in [0.25, 0.3) is 0 Å². The van der Waals surface area contributed by atoms with Crippen LogP contribution in [0, 0.1) is 5.82 Å². The molecule has 1 aliphatic carbocycles. The van der Waals surface area contributed by atoms with E-state index in [1.807, 2.05) is 12.1 Å². The van der Waals surface area contributed by atoms with Crippen LogP contribution in [0.3, 0.4) is 0 Å². The van der Waals surface area contributed by atoms with E-state index in [9.17, 15) is 12.8 Å². The summed E-state index contributed by atoms with van der Waals surface area (Å²) in [6.45, 7) is 2.86. The lowest BCUT2D eigenvalue weighted by Crippen LogP contribution is -2.43. The average molecular weight is 419 g/mol. The average Bonchev–Trinajstić information content (AvgIpc) is 2.75. The van der Waals surface area contributed by atoms with E-state index in [2.05, 4.69) is 9.62 Å². The lowest BCUT2D eigenvalue weighted by molar-refractivity contribution is 0.0172. The molecule has 1 unspecified atom stereocenters. The Morgan fingerprint density at radius 3 is 2.41 bits per heavy atom. The van der Waals surface area contributed by atoms with E-state index in [1.54, 1.807) is 18.2 Å². The van der Waals surface area contributed by atoms with Gasteiger partial charge in [0.15, 0.2) is 0 Å². The maximum absolute atomic E-state index is 13.4. The lowest BCUT2D eigenvalue weighted by atomic mass is 9.92. The van der Waals surface area contributed by atoms with Crippen molar-refractivity contribution >= 4 is 10.0 Å². The molecule has 0 bridgehead atoms. The predicted octanol–water partition coefficient (Wildman–Crippen LogP) is 3.06. The van der Waals surface area contributed by atoms with Crippen molar-refractivity contribution in [3.05, 3.63) is 65.0 Å². The number of aryl methyl sites for hydroxylation is 2. The summed E-state index contributed by atoms with van der Waals surface area (Å²) in [5.41, 5.74) is 3.29. The molecule has 156 valence electrons. The van der Waals surface area contributed by atoms with Crippen LogP contribution in [0.25, 0.3) is 0 Å². The molecular formula is C22H27FN2O3S. The second-order valence-electron chi connectivity index (χ2n) is 7.71. The monoisotopic (exact) mass is 418 g/mol. The molecule has 1 N–H and O–H groups in total. The number of morpholine rings is 1. The summed E-state index contributed by atoms with van der Waals surface area (Å²) in [7, 11) is -3.63. The number of nitrogens with zero attached hydrogens (tertiary/aromatic N) is 1. The number of sulfonamides is 1. The largest absolute Gasteiger partial charge is 0.379 e. The van der Waals surface area contributed by atoms with Crippen molar-refractivity contribution < 1.29 is 17.5 Å². The van der Waals surface area contributed by atoms with E-state index >= 15 is 0 Å². The Morgan fingerprint density at radius 2 is 1.69 bits per heavy atom. The van der Waals surface area contributed by atoms with Crippen molar-refractivity contribution in [3.63, 3.8) is 0 Å². The number of nitrogens with one attached hydrogen (secondary N) is 1. The molecule has 1 aliphatic heterocycles. The fraction of sp³-hybridized carbons (Fsp3) is 0.455. The van der Waals surface area contributed by atoms with Crippen LogP contribution in [0.15, 0.2) is 47.4 Å². The van der Waals surface area contributed by atoms with Gasteiger partial charge < -0.3 is 4.74 Å². The third-order valence-electron chi connectivity index (χ3n) is 5.84. The molecule has 2 aromatic carbocycles. The Labute approximate surface area is 171 Å².